The van der Waals surface area contributed by atoms with E-state index in [1.165, 1.54) is 0 Å². The van der Waals surface area contributed by atoms with Gasteiger partial charge in [-0.3, -0.25) is 0 Å². The van der Waals surface area contributed by atoms with Crippen LogP contribution in [0.5, 0.6) is 0 Å². The first kappa shape index (κ1) is 9.12. The van der Waals surface area contributed by atoms with Crippen LogP contribution < -0.4 is 0 Å². The van der Waals surface area contributed by atoms with Gasteiger partial charge in [-0.2, -0.15) is 0 Å². The molecule has 0 N–H and O–H groups in total. The quantitative estimate of drug-likeness (QED) is 0.710. The van der Waals surface area contributed by atoms with E-state index in [2.05, 4.69) is 20.9 Å². The summed E-state index contributed by atoms with van der Waals surface area (Å²) in [7, 11) is 0. The maximum absolute atomic E-state index is 5.45. The Hall–Kier alpha value is -0.450. The fraction of sp³-hybridized carbons (Fsp3) is 0.444. The van der Waals surface area contributed by atoms with Gasteiger partial charge in [-0.05, 0) is 34.5 Å². The van der Waals surface area contributed by atoms with Crippen molar-refractivity contribution >= 4 is 15.9 Å². The molecular weight excluding hydrogens is 234 g/mol. The summed E-state index contributed by atoms with van der Waals surface area (Å²) in [5.41, 5.74) is 0.960. The van der Waals surface area contributed by atoms with Crippen LogP contribution in [0.2, 0.25) is 0 Å². The van der Waals surface area contributed by atoms with Crippen molar-refractivity contribution in [3.63, 3.8) is 0 Å². The minimum absolute atomic E-state index is 0.253. The van der Waals surface area contributed by atoms with E-state index in [0.29, 0.717) is 0 Å². The number of hydrogen-bond acceptors (Lipinski definition) is 3. The average molecular weight is 244 g/mol. The second-order valence-electron chi connectivity index (χ2n) is 2.81. The lowest BCUT2D eigenvalue weighted by Crippen LogP contribution is -2.18. The fourth-order valence-corrected chi connectivity index (χ4v) is 1.68. The van der Waals surface area contributed by atoms with Crippen molar-refractivity contribution < 1.29 is 9.47 Å². The van der Waals surface area contributed by atoms with Crippen molar-refractivity contribution in [1.29, 1.82) is 0 Å². The third-order valence-corrected chi connectivity index (χ3v) is 2.53. The molecule has 0 saturated carbocycles. The van der Waals surface area contributed by atoms with Crippen LogP contribution in [-0.2, 0) is 9.47 Å². The molecule has 1 saturated heterocycles. The third kappa shape index (κ3) is 2.07. The van der Waals surface area contributed by atoms with E-state index < -0.39 is 0 Å². The van der Waals surface area contributed by atoms with Crippen LogP contribution in [0.3, 0.4) is 0 Å². The zero-order valence-corrected chi connectivity index (χ0v) is 8.66. The number of hydrogen-bond donors (Lipinski definition) is 0. The van der Waals surface area contributed by atoms with Gasteiger partial charge in [0.2, 0.25) is 0 Å². The standard InChI is InChI=1S/C9H10BrNO2/c10-8-7(3-1-4-11-8)9-12-5-2-6-13-9/h1,3-4,9H,2,5-6H2. The molecule has 1 aromatic rings. The molecule has 0 aromatic carbocycles. The highest BCUT2D eigenvalue weighted by Gasteiger charge is 2.18. The molecule has 2 heterocycles. The molecule has 13 heavy (non-hydrogen) atoms. The Morgan fingerprint density at radius 2 is 2.15 bits per heavy atom. The summed E-state index contributed by atoms with van der Waals surface area (Å²) in [6.07, 6.45) is 2.45. The van der Waals surface area contributed by atoms with Crippen LogP contribution in [0.4, 0.5) is 0 Å². The van der Waals surface area contributed by atoms with Crippen LogP contribution in [0.15, 0.2) is 22.9 Å². The van der Waals surface area contributed by atoms with E-state index in [1.807, 2.05) is 12.1 Å². The Morgan fingerprint density at radius 3 is 2.85 bits per heavy atom. The Bertz CT molecular complexity index is 287. The molecule has 0 atom stereocenters. The first-order valence-corrected chi connectivity index (χ1v) is 5.01. The molecule has 3 nitrogen and oxygen atoms in total. The Labute approximate surface area is 85.2 Å². The molecule has 0 bridgehead atoms. The van der Waals surface area contributed by atoms with Crippen molar-refractivity contribution in [3.8, 4) is 0 Å². The largest absolute Gasteiger partial charge is 0.348 e. The first-order valence-electron chi connectivity index (χ1n) is 4.21. The van der Waals surface area contributed by atoms with Crippen molar-refractivity contribution in [2.75, 3.05) is 13.2 Å². The van der Waals surface area contributed by atoms with Crippen LogP contribution >= 0.6 is 15.9 Å². The Morgan fingerprint density at radius 1 is 1.38 bits per heavy atom. The summed E-state index contributed by atoms with van der Waals surface area (Å²) in [6, 6.07) is 3.83. The molecule has 0 spiro atoms. The van der Waals surface area contributed by atoms with Crippen molar-refractivity contribution in [2.45, 2.75) is 12.7 Å². The second kappa shape index (κ2) is 4.17. The molecule has 4 heteroatoms. The summed E-state index contributed by atoms with van der Waals surface area (Å²) in [4.78, 5) is 4.11. The number of halogens is 1. The van der Waals surface area contributed by atoms with Crippen LogP contribution in [0, 0.1) is 0 Å². The first-order chi connectivity index (χ1) is 6.38. The van der Waals surface area contributed by atoms with Gasteiger partial charge in [0.25, 0.3) is 0 Å². The topological polar surface area (TPSA) is 31.4 Å². The highest BCUT2D eigenvalue weighted by molar-refractivity contribution is 9.10. The van der Waals surface area contributed by atoms with Gasteiger partial charge in [0.05, 0.1) is 13.2 Å². The van der Waals surface area contributed by atoms with Gasteiger partial charge in [-0.1, -0.05) is 0 Å². The third-order valence-electron chi connectivity index (χ3n) is 1.87. The summed E-state index contributed by atoms with van der Waals surface area (Å²) in [5, 5.41) is 0. The van der Waals surface area contributed by atoms with Crippen molar-refractivity contribution in [2.24, 2.45) is 0 Å². The van der Waals surface area contributed by atoms with E-state index in [1.54, 1.807) is 6.20 Å². The lowest BCUT2D eigenvalue weighted by Gasteiger charge is -2.23. The monoisotopic (exact) mass is 243 g/mol. The van der Waals surface area contributed by atoms with E-state index in [-0.39, 0.29) is 6.29 Å². The molecule has 1 aliphatic rings. The van der Waals surface area contributed by atoms with Gasteiger partial charge < -0.3 is 9.47 Å². The SMILES string of the molecule is Brc1ncccc1C1OCCCO1. The maximum atomic E-state index is 5.45. The van der Waals surface area contributed by atoms with Gasteiger partial charge >= 0.3 is 0 Å². The zero-order valence-electron chi connectivity index (χ0n) is 7.07. The lowest BCUT2D eigenvalue weighted by atomic mass is 10.2. The molecule has 1 aromatic heterocycles. The number of rotatable bonds is 1. The molecule has 0 unspecified atom stereocenters. The van der Waals surface area contributed by atoms with Crippen molar-refractivity contribution in [1.82, 2.24) is 4.98 Å². The minimum atomic E-state index is -0.253. The molecule has 1 fully saturated rings. The van der Waals surface area contributed by atoms with Gasteiger partial charge in [0.1, 0.15) is 4.60 Å². The predicted molar refractivity (Wildman–Crippen MR) is 51.2 cm³/mol. The highest BCUT2D eigenvalue weighted by atomic mass is 79.9. The molecular formula is C9H10BrNO2. The van der Waals surface area contributed by atoms with E-state index in [9.17, 15) is 0 Å². The van der Waals surface area contributed by atoms with Gasteiger partial charge in [-0.15, -0.1) is 0 Å². The van der Waals surface area contributed by atoms with Gasteiger partial charge in [0.15, 0.2) is 6.29 Å². The number of nitrogens with zero attached hydrogens (tertiary/aromatic N) is 1. The van der Waals surface area contributed by atoms with Gasteiger partial charge in [0, 0.05) is 11.8 Å². The molecule has 0 amide bonds. The zero-order chi connectivity index (χ0) is 9.10. The smallest absolute Gasteiger partial charge is 0.186 e. The van der Waals surface area contributed by atoms with E-state index in [0.717, 1.165) is 29.8 Å². The summed E-state index contributed by atoms with van der Waals surface area (Å²) in [6.45, 7) is 1.51. The average Bonchev–Trinajstić information content (AvgIpc) is 2.20. The van der Waals surface area contributed by atoms with Crippen LogP contribution in [0.25, 0.3) is 0 Å². The summed E-state index contributed by atoms with van der Waals surface area (Å²) < 4.78 is 11.7. The molecule has 0 radical (unpaired) electrons. The van der Waals surface area contributed by atoms with Crippen molar-refractivity contribution in [3.05, 3.63) is 28.5 Å². The molecule has 2 rings (SSSR count). The molecule has 1 aliphatic heterocycles. The highest BCUT2D eigenvalue weighted by Crippen LogP contribution is 2.27. The minimum Gasteiger partial charge on any atom is -0.348 e. The number of pyridine rings is 1. The Kier molecular flexibility index (Phi) is 2.93. The lowest BCUT2D eigenvalue weighted by molar-refractivity contribution is -0.183. The number of ether oxygens (including phenoxy) is 2. The summed E-state index contributed by atoms with van der Waals surface area (Å²) in [5.74, 6) is 0. The van der Waals surface area contributed by atoms with Gasteiger partial charge in [-0.25, -0.2) is 4.98 Å². The fourth-order valence-electron chi connectivity index (χ4n) is 1.24. The summed E-state index contributed by atoms with van der Waals surface area (Å²) >= 11 is 3.36. The Balaban J connectivity index is 2.18. The normalized spacial score (nSPS) is 18.8. The number of aromatic nitrogens is 1. The van der Waals surface area contributed by atoms with Crippen LogP contribution in [-0.4, -0.2) is 18.2 Å². The van der Waals surface area contributed by atoms with E-state index >= 15 is 0 Å². The second-order valence-corrected chi connectivity index (χ2v) is 3.56. The molecule has 70 valence electrons. The van der Waals surface area contributed by atoms with E-state index in [4.69, 9.17) is 9.47 Å². The van der Waals surface area contributed by atoms with Crippen LogP contribution in [0.1, 0.15) is 18.3 Å². The maximum Gasteiger partial charge on any atom is 0.186 e. The predicted octanol–water partition coefficient (Wildman–Crippen LogP) is 2.28. The molecule has 0 aliphatic carbocycles.